The molecule has 1 aromatic heterocycles. The van der Waals surface area contributed by atoms with Crippen molar-refractivity contribution in [2.75, 3.05) is 7.11 Å². The molecular weight excluding hydrogens is 273 g/mol. The number of carbonyl (C=O) groups excluding carboxylic acids is 1. The minimum atomic E-state index is -0.712. The molecule has 0 aliphatic carbocycles. The number of halogens is 1. The Labute approximate surface area is 122 Å². The fourth-order valence-corrected chi connectivity index (χ4v) is 1.85. The van der Waals surface area contributed by atoms with Crippen molar-refractivity contribution < 1.29 is 18.7 Å². The Balaban J connectivity index is 2.14. The van der Waals surface area contributed by atoms with Crippen molar-refractivity contribution in [3.8, 4) is 11.6 Å². The SMILES string of the molecule is CCCc1ccc(Oc2ncc(C(=O)OC)cc2F)cc1. The van der Waals surface area contributed by atoms with Gasteiger partial charge < -0.3 is 9.47 Å². The van der Waals surface area contributed by atoms with Gasteiger partial charge in [-0.1, -0.05) is 25.5 Å². The second kappa shape index (κ2) is 6.83. The summed E-state index contributed by atoms with van der Waals surface area (Å²) in [5.74, 6) is -1.04. The summed E-state index contributed by atoms with van der Waals surface area (Å²) in [6.07, 6.45) is 3.27. The predicted molar refractivity (Wildman–Crippen MR) is 76.0 cm³/mol. The molecule has 0 aliphatic rings. The van der Waals surface area contributed by atoms with Gasteiger partial charge in [0.15, 0.2) is 5.82 Å². The van der Waals surface area contributed by atoms with Gasteiger partial charge in [-0.2, -0.15) is 0 Å². The van der Waals surface area contributed by atoms with Crippen molar-refractivity contribution in [1.82, 2.24) is 4.98 Å². The van der Waals surface area contributed by atoms with E-state index >= 15 is 0 Å². The van der Waals surface area contributed by atoms with Crippen LogP contribution in [-0.2, 0) is 11.2 Å². The molecule has 2 aromatic rings. The topological polar surface area (TPSA) is 48.4 Å². The highest BCUT2D eigenvalue weighted by Gasteiger charge is 2.12. The number of aromatic nitrogens is 1. The molecule has 2 rings (SSSR count). The second-order valence-corrected chi connectivity index (χ2v) is 4.50. The molecule has 0 aliphatic heterocycles. The summed E-state index contributed by atoms with van der Waals surface area (Å²) in [6, 6.07) is 8.43. The number of benzene rings is 1. The van der Waals surface area contributed by atoms with Gasteiger partial charge in [0.05, 0.1) is 12.7 Å². The maximum atomic E-state index is 13.8. The molecule has 0 radical (unpaired) electrons. The van der Waals surface area contributed by atoms with Gasteiger partial charge in [-0.3, -0.25) is 0 Å². The number of esters is 1. The number of rotatable bonds is 5. The standard InChI is InChI=1S/C16H16FNO3/c1-3-4-11-5-7-13(8-6-11)21-15-14(17)9-12(10-18-15)16(19)20-2/h5-10H,3-4H2,1-2H3. The van der Waals surface area contributed by atoms with Crippen molar-refractivity contribution in [1.29, 1.82) is 0 Å². The van der Waals surface area contributed by atoms with Gasteiger partial charge in [0, 0.05) is 6.20 Å². The summed E-state index contributed by atoms with van der Waals surface area (Å²) in [5.41, 5.74) is 1.24. The van der Waals surface area contributed by atoms with Gasteiger partial charge in [0.2, 0.25) is 0 Å². The lowest BCUT2D eigenvalue weighted by molar-refractivity contribution is 0.0599. The number of pyridine rings is 1. The summed E-state index contributed by atoms with van der Waals surface area (Å²) in [4.78, 5) is 15.1. The van der Waals surface area contributed by atoms with E-state index in [1.807, 2.05) is 12.1 Å². The molecule has 5 heteroatoms. The van der Waals surface area contributed by atoms with Crippen LogP contribution in [0.1, 0.15) is 29.3 Å². The van der Waals surface area contributed by atoms with Gasteiger partial charge in [0.1, 0.15) is 5.75 Å². The van der Waals surface area contributed by atoms with Crippen LogP contribution in [0.3, 0.4) is 0 Å². The van der Waals surface area contributed by atoms with Gasteiger partial charge >= 0.3 is 5.97 Å². The number of nitrogens with zero attached hydrogens (tertiary/aromatic N) is 1. The Hall–Kier alpha value is -2.43. The third-order valence-corrected chi connectivity index (χ3v) is 2.91. The minimum Gasteiger partial charge on any atom is -0.465 e. The molecular formula is C16H16FNO3. The van der Waals surface area contributed by atoms with E-state index in [-0.39, 0.29) is 11.4 Å². The van der Waals surface area contributed by atoms with Crippen LogP contribution in [0.25, 0.3) is 0 Å². The Bertz CT molecular complexity index is 626. The lowest BCUT2D eigenvalue weighted by Crippen LogP contribution is -2.03. The van der Waals surface area contributed by atoms with Crippen molar-refractivity contribution in [3.63, 3.8) is 0 Å². The van der Waals surface area contributed by atoms with E-state index in [1.54, 1.807) is 12.1 Å². The normalized spacial score (nSPS) is 10.2. The quantitative estimate of drug-likeness (QED) is 0.786. The molecule has 110 valence electrons. The molecule has 1 heterocycles. The lowest BCUT2D eigenvalue weighted by Gasteiger charge is -2.07. The maximum absolute atomic E-state index is 13.8. The highest BCUT2D eigenvalue weighted by atomic mass is 19.1. The van der Waals surface area contributed by atoms with E-state index < -0.39 is 11.8 Å². The number of hydrogen-bond donors (Lipinski definition) is 0. The van der Waals surface area contributed by atoms with Crippen LogP contribution >= 0.6 is 0 Å². The van der Waals surface area contributed by atoms with Crippen LogP contribution in [0, 0.1) is 5.82 Å². The zero-order chi connectivity index (χ0) is 15.2. The molecule has 0 saturated carbocycles. The Kier molecular flexibility index (Phi) is 4.87. The van der Waals surface area contributed by atoms with Gasteiger partial charge in [-0.25, -0.2) is 14.2 Å². The first-order valence-electron chi connectivity index (χ1n) is 6.64. The molecule has 21 heavy (non-hydrogen) atoms. The van der Waals surface area contributed by atoms with E-state index in [2.05, 4.69) is 16.6 Å². The Morgan fingerprint density at radius 1 is 1.29 bits per heavy atom. The van der Waals surface area contributed by atoms with Crippen molar-refractivity contribution >= 4 is 5.97 Å². The molecule has 0 fully saturated rings. The largest absolute Gasteiger partial charge is 0.465 e. The first-order valence-corrected chi connectivity index (χ1v) is 6.64. The van der Waals surface area contributed by atoms with Crippen LogP contribution in [-0.4, -0.2) is 18.1 Å². The zero-order valence-electron chi connectivity index (χ0n) is 11.9. The Morgan fingerprint density at radius 2 is 2.00 bits per heavy atom. The Morgan fingerprint density at radius 3 is 2.57 bits per heavy atom. The van der Waals surface area contributed by atoms with Crippen LogP contribution in [0.15, 0.2) is 36.5 Å². The number of carbonyl (C=O) groups is 1. The summed E-state index contributed by atoms with van der Waals surface area (Å²) < 4.78 is 23.7. The molecule has 1 aromatic carbocycles. The molecule has 4 nitrogen and oxygen atoms in total. The maximum Gasteiger partial charge on any atom is 0.339 e. The van der Waals surface area contributed by atoms with Gasteiger partial charge in [0.25, 0.3) is 5.88 Å². The van der Waals surface area contributed by atoms with Crippen LogP contribution in [0.5, 0.6) is 11.6 Å². The average molecular weight is 289 g/mol. The van der Waals surface area contributed by atoms with Gasteiger partial charge in [-0.05, 0) is 30.2 Å². The molecule has 0 unspecified atom stereocenters. The predicted octanol–water partition coefficient (Wildman–Crippen LogP) is 3.75. The third-order valence-electron chi connectivity index (χ3n) is 2.91. The van der Waals surface area contributed by atoms with E-state index in [4.69, 9.17) is 4.74 Å². The molecule has 0 spiro atoms. The third kappa shape index (κ3) is 3.78. The summed E-state index contributed by atoms with van der Waals surface area (Å²) in [6.45, 7) is 2.10. The first-order chi connectivity index (χ1) is 10.1. The van der Waals surface area contributed by atoms with Crippen LogP contribution < -0.4 is 4.74 Å². The van der Waals surface area contributed by atoms with E-state index in [1.165, 1.54) is 18.9 Å². The summed E-state index contributed by atoms with van der Waals surface area (Å²) >= 11 is 0. The molecule has 0 N–H and O–H groups in total. The number of aryl methyl sites for hydroxylation is 1. The van der Waals surface area contributed by atoms with Gasteiger partial charge in [-0.15, -0.1) is 0 Å². The average Bonchev–Trinajstić information content (AvgIpc) is 2.50. The smallest absolute Gasteiger partial charge is 0.339 e. The minimum absolute atomic E-state index is 0.0423. The zero-order valence-corrected chi connectivity index (χ0v) is 11.9. The molecule has 0 saturated heterocycles. The fraction of sp³-hybridized carbons (Fsp3) is 0.250. The van der Waals surface area contributed by atoms with Crippen LogP contribution in [0.2, 0.25) is 0 Å². The highest BCUT2D eigenvalue weighted by molar-refractivity contribution is 5.88. The number of hydrogen-bond acceptors (Lipinski definition) is 4. The van der Waals surface area contributed by atoms with Crippen molar-refractivity contribution in [3.05, 3.63) is 53.5 Å². The lowest BCUT2D eigenvalue weighted by atomic mass is 10.1. The molecule has 0 amide bonds. The van der Waals surface area contributed by atoms with Crippen molar-refractivity contribution in [2.45, 2.75) is 19.8 Å². The van der Waals surface area contributed by atoms with E-state index in [0.29, 0.717) is 5.75 Å². The second-order valence-electron chi connectivity index (χ2n) is 4.50. The number of methoxy groups -OCH3 is 1. The first kappa shape index (κ1) is 15.0. The highest BCUT2D eigenvalue weighted by Crippen LogP contribution is 2.23. The fourth-order valence-electron chi connectivity index (χ4n) is 1.85. The van der Waals surface area contributed by atoms with E-state index in [0.717, 1.165) is 18.9 Å². The monoisotopic (exact) mass is 289 g/mol. The number of ether oxygens (including phenoxy) is 2. The van der Waals surface area contributed by atoms with E-state index in [9.17, 15) is 9.18 Å². The van der Waals surface area contributed by atoms with Crippen LogP contribution in [0.4, 0.5) is 4.39 Å². The molecule has 0 atom stereocenters. The summed E-state index contributed by atoms with van der Waals surface area (Å²) in [7, 11) is 1.22. The van der Waals surface area contributed by atoms with Crippen molar-refractivity contribution in [2.24, 2.45) is 0 Å². The summed E-state index contributed by atoms with van der Waals surface area (Å²) in [5, 5.41) is 0. The molecule has 0 bridgehead atoms.